The highest BCUT2D eigenvalue weighted by molar-refractivity contribution is 7.22. The van der Waals surface area contributed by atoms with Gasteiger partial charge in [-0.15, -0.1) is 0 Å². The fourth-order valence-corrected chi connectivity index (χ4v) is 3.97. The molecule has 2 aromatic carbocycles. The summed E-state index contributed by atoms with van der Waals surface area (Å²) >= 11 is 1.45. The van der Waals surface area contributed by atoms with Crippen molar-refractivity contribution < 1.29 is 9.18 Å². The molecule has 0 saturated heterocycles. The van der Waals surface area contributed by atoms with E-state index in [1.165, 1.54) is 23.5 Å². The van der Waals surface area contributed by atoms with Crippen LogP contribution in [0.4, 0.5) is 9.52 Å². The van der Waals surface area contributed by atoms with Crippen molar-refractivity contribution in [3.05, 3.63) is 59.0 Å². The Kier molecular flexibility index (Phi) is 3.77. The average molecular weight is 353 g/mol. The maximum absolute atomic E-state index is 13.5. The molecule has 0 unspecified atom stereocenters. The van der Waals surface area contributed by atoms with Gasteiger partial charge in [0.25, 0.3) is 0 Å². The van der Waals surface area contributed by atoms with Gasteiger partial charge < -0.3 is 10.3 Å². The van der Waals surface area contributed by atoms with Gasteiger partial charge in [0.15, 0.2) is 5.13 Å². The molecule has 0 aliphatic heterocycles. The predicted molar refractivity (Wildman–Crippen MR) is 99.7 cm³/mol. The van der Waals surface area contributed by atoms with Crippen LogP contribution in [0.2, 0.25) is 0 Å². The number of nitrogens with one attached hydrogen (secondary N) is 2. The number of carbonyl (C=O) groups is 1. The Hall–Kier alpha value is -2.73. The van der Waals surface area contributed by atoms with Gasteiger partial charge in [0.2, 0.25) is 5.91 Å². The summed E-state index contributed by atoms with van der Waals surface area (Å²) in [6, 6.07) is 10.6. The van der Waals surface area contributed by atoms with E-state index in [0.29, 0.717) is 5.13 Å². The van der Waals surface area contributed by atoms with Gasteiger partial charge in [0.1, 0.15) is 5.82 Å². The van der Waals surface area contributed by atoms with E-state index in [9.17, 15) is 9.18 Å². The van der Waals surface area contributed by atoms with Crippen LogP contribution in [0.25, 0.3) is 21.1 Å². The molecule has 0 spiro atoms. The number of aromatic nitrogens is 2. The van der Waals surface area contributed by atoms with Crippen LogP contribution in [0.5, 0.6) is 0 Å². The van der Waals surface area contributed by atoms with Gasteiger partial charge in [-0.05, 0) is 55.3 Å². The lowest BCUT2D eigenvalue weighted by Crippen LogP contribution is -2.14. The predicted octanol–water partition coefficient (Wildman–Crippen LogP) is 4.71. The van der Waals surface area contributed by atoms with Crippen LogP contribution in [0.3, 0.4) is 0 Å². The smallest absolute Gasteiger partial charge is 0.230 e. The maximum atomic E-state index is 13.5. The first kappa shape index (κ1) is 15.8. The van der Waals surface area contributed by atoms with Crippen molar-refractivity contribution in [1.82, 2.24) is 9.97 Å². The number of halogens is 1. The molecular formula is C19H16FN3OS. The molecular weight excluding hydrogens is 337 g/mol. The summed E-state index contributed by atoms with van der Waals surface area (Å²) in [5.41, 5.74) is 4.54. The first-order valence-corrected chi connectivity index (χ1v) is 8.75. The number of fused-ring (bicyclic) bond motifs is 2. The second-order valence-corrected chi connectivity index (χ2v) is 7.16. The van der Waals surface area contributed by atoms with E-state index in [1.54, 1.807) is 6.07 Å². The van der Waals surface area contributed by atoms with Crippen molar-refractivity contribution in [3.8, 4) is 0 Å². The maximum Gasteiger partial charge on any atom is 0.230 e. The largest absolute Gasteiger partial charge is 0.358 e. The van der Waals surface area contributed by atoms with Crippen LogP contribution < -0.4 is 5.32 Å². The number of nitrogens with zero attached hydrogens (tertiary/aromatic N) is 1. The molecule has 6 heteroatoms. The second kappa shape index (κ2) is 5.97. The molecule has 0 aliphatic rings. The molecule has 0 bridgehead atoms. The lowest BCUT2D eigenvalue weighted by Gasteiger charge is -2.02. The first-order chi connectivity index (χ1) is 12.0. The number of aromatic amines is 1. The molecule has 4 aromatic rings. The molecule has 2 N–H and O–H groups in total. The number of H-pyrrole nitrogens is 1. The first-order valence-electron chi connectivity index (χ1n) is 7.93. The summed E-state index contributed by atoms with van der Waals surface area (Å²) < 4.78 is 14.6. The zero-order valence-corrected chi connectivity index (χ0v) is 14.6. The number of hydrogen-bond donors (Lipinski definition) is 2. The summed E-state index contributed by atoms with van der Waals surface area (Å²) in [5.74, 6) is -0.473. The van der Waals surface area contributed by atoms with Crippen LogP contribution >= 0.6 is 11.3 Å². The second-order valence-electron chi connectivity index (χ2n) is 6.13. The van der Waals surface area contributed by atoms with Gasteiger partial charge in [0, 0.05) is 16.6 Å². The molecule has 1 amide bonds. The number of hydrogen-bond acceptors (Lipinski definition) is 3. The van der Waals surface area contributed by atoms with Crippen molar-refractivity contribution in [2.75, 3.05) is 5.32 Å². The Morgan fingerprint density at radius 1 is 1.24 bits per heavy atom. The van der Waals surface area contributed by atoms with Crippen molar-refractivity contribution in [3.63, 3.8) is 0 Å². The molecule has 2 heterocycles. The zero-order chi connectivity index (χ0) is 17.6. The number of rotatable bonds is 3. The number of carbonyl (C=O) groups excluding carboxylic acids is 1. The molecule has 25 heavy (non-hydrogen) atoms. The van der Waals surface area contributed by atoms with E-state index in [0.717, 1.165) is 37.9 Å². The minimum atomic E-state index is -0.310. The molecule has 2 aromatic heterocycles. The van der Waals surface area contributed by atoms with E-state index < -0.39 is 0 Å². The van der Waals surface area contributed by atoms with E-state index in [2.05, 4.69) is 21.4 Å². The number of aryl methyl sites for hydroxylation is 2. The minimum Gasteiger partial charge on any atom is -0.358 e. The van der Waals surface area contributed by atoms with Crippen LogP contribution in [0.1, 0.15) is 16.8 Å². The topological polar surface area (TPSA) is 57.8 Å². The number of benzene rings is 2. The molecule has 0 radical (unpaired) electrons. The van der Waals surface area contributed by atoms with E-state index in [-0.39, 0.29) is 18.1 Å². The number of thiazole rings is 1. The fraction of sp³-hybridized carbons (Fsp3) is 0.158. The third-order valence-electron chi connectivity index (χ3n) is 4.21. The van der Waals surface area contributed by atoms with Crippen molar-refractivity contribution in [2.24, 2.45) is 0 Å². The highest BCUT2D eigenvalue weighted by atomic mass is 32.1. The number of anilines is 1. The highest BCUT2D eigenvalue weighted by Gasteiger charge is 2.14. The lowest BCUT2D eigenvalue weighted by atomic mass is 10.1. The molecule has 0 saturated carbocycles. The van der Waals surface area contributed by atoms with Gasteiger partial charge in [-0.1, -0.05) is 17.4 Å². The fourth-order valence-electron chi connectivity index (χ4n) is 2.99. The molecule has 4 rings (SSSR count). The van der Waals surface area contributed by atoms with Gasteiger partial charge in [-0.3, -0.25) is 4.79 Å². The molecule has 126 valence electrons. The summed E-state index contributed by atoms with van der Waals surface area (Å²) in [5, 5.41) is 4.18. The van der Waals surface area contributed by atoms with Crippen molar-refractivity contribution in [1.29, 1.82) is 0 Å². The monoisotopic (exact) mass is 353 g/mol. The number of amides is 1. The van der Waals surface area contributed by atoms with Crippen LogP contribution in [0.15, 0.2) is 36.4 Å². The van der Waals surface area contributed by atoms with Crippen molar-refractivity contribution in [2.45, 2.75) is 20.3 Å². The third-order valence-corrected chi connectivity index (χ3v) is 5.14. The van der Waals surface area contributed by atoms with E-state index >= 15 is 0 Å². The highest BCUT2D eigenvalue weighted by Crippen LogP contribution is 2.28. The summed E-state index contributed by atoms with van der Waals surface area (Å²) in [6.45, 7) is 3.91. The molecule has 0 aliphatic carbocycles. The quantitative estimate of drug-likeness (QED) is 0.560. The van der Waals surface area contributed by atoms with E-state index in [1.807, 2.05) is 26.0 Å². The van der Waals surface area contributed by atoms with Gasteiger partial charge in [-0.2, -0.15) is 0 Å². The van der Waals surface area contributed by atoms with Crippen molar-refractivity contribution >= 4 is 43.5 Å². The Labute approximate surface area is 147 Å². The molecule has 0 fully saturated rings. The molecule has 0 atom stereocenters. The third kappa shape index (κ3) is 3.00. The van der Waals surface area contributed by atoms with Crippen LogP contribution in [-0.4, -0.2) is 15.9 Å². The van der Waals surface area contributed by atoms with Gasteiger partial charge >= 0.3 is 0 Å². The zero-order valence-electron chi connectivity index (χ0n) is 13.8. The lowest BCUT2D eigenvalue weighted by molar-refractivity contribution is -0.115. The van der Waals surface area contributed by atoms with Gasteiger partial charge in [0.05, 0.1) is 16.6 Å². The summed E-state index contributed by atoms with van der Waals surface area (Å²) in [4.78, 5) is 20.1. The summed E-state index contributed by atoms with van der Waals surface area (Å²) in [7, 11) is 0. The van der Waals surface area contributed by atoms with Crippen LogP contribution in [0, 0.1) is 19.7 Å². The molecule has 4 nitrogen and oxygen atoms in total. The summed E-state index contributed by atoms with van der Waals surface area (Å²) in [6.07, 6.45) is 0.171. The average Bonchev–Trinajstić information content (AvgIpc) is 3.08. The minimum absolute atomic E-state index is 0.163. The Bertz CT molecular complexity index is 1110. The Morgan fingerprint density at radius 3 is 2.92 bits per heavy atom. The van der Waals surface area contributed by atoms with Gasteiger partial charge in [-0.25, -0.2) is 9.37 Å². The van der Waals surface area contributed by atoms with E-state index in [4.69, 9.17) is 0 Å². The SMILES string of the molecule is Cc1ccc2nc(NC(=O)Cc3c(C)[nH]c4ccc(F)cc34)sc2c1. The Morgan fingerprint density at radius 2 is 2.08 bits per heavy atom. The van der Waals surface area contributed by atoms with Crippen LogP contribution in [-0.2, 0) is 11.2 Å². The Balaban J connectivity index is 1.59. The standard InChI is InChI=1S/C19H16FN3OS/c1-10-3-5-16-17(7-10)25-19(22-16)23-18(24)9-13-11(2)21-15-6-4-12(20)8-14(13)15/h3-8,21H,9H2,1-2H3,(H,22,23,24). The normalized spacial score (nSPS) is 11.3.